The van der Waals surface area contributed by atoms with Crippen LogP contribution in [0.1, 0.15) is 9.75 Å². The second-order valence-electron chi connectivity index (χ2n) is 6.91. The summed E-state index contributed by atoms with van der Waals surface area (Å²) in [5, 5.41) is 4.12. The third-order valence-corrected chi connectivity index (χ3v) is 7.32. The first-order valence-corrected chi connectivity index (χ1v) is 11.1. The summed E-state index contributed by atoms with van der Waals surface area (Å²) in [5.74, 6) is 0. The normalized spacial score (nSPS) is 17.0. The van der Waals surface area contributed by atoms with Gasteiger partial charge >= 0.3 is 0 Å². The molecule has 3 heterocycles. The molecule has 1 aliphatic heterocycles. The van der Waals surface area contributed by atoms with Gasteiger partial charge < -0.3 is 0 Å². The Bertz CT molecular complexity index is 1060. The highest BCUT2D eigenvalue weighted by molar-refractivity contribution is 7.12. The van der Waals surface area contributed by atoms with Crippen LogP contribution >= 0.6 is 22.7 Å². The zero-order valence-corrected chi connectivity index (χ0v) is 17.2. The Morgan fingerprint density at radius 2 is 1.24 bits per heavy atom. The van der Waals surface area contributed by atoms with Crippen LogP contribution in [0, 0.1) is 0 Å². The molecule has 0 radical (unpaired) electrons. The summed E-state index contributed by atoms with van der Waals surface area (Å²) in [6, 6.07) is 28.8. The van der Waals surface area contributed by atoms with Gasteiger partial charge in [0.1, 0.15) is 6.20 Å². The fraction of sp³-hybridized carbons (Fsp3) is 0.0417. The molecule has 0 aliphatic carbocycles. The van der Waals surface area contributed by atoms with Gasteiger partial charge in [-0.2, -0.15) is 4.59 Å². The van der Waals surface area contributed by atoms with Gasteiger partial charge in [-0.15, -0.1) is 28.1 Å². The second-order valence-corrected chi connectivity index (χ2v) is 8.81. The van der Waals surface area contributed by atoms with Gasteiger partial charge in [-0.25, -0.2) is 0 Å². The Hall–Kier alpha value is -2.83. The van der Waals surface area contributed by atoms with Gasteiger partial charge in [-0.1, -0.05) is 48.5 Å². The van der Waals surface area contributed by atoms with E-state index in [2.05, 4.69) is 58.8 Å². The minimum absolute atomic E-state index is 0.269. The van der Waals surface area contributed by atoms with Crippen LogP contribution in [-0.2, 0) is 10.3 Å². The maximum atomic E-state index is 12.5. The Balaban J connectivity index is 1.82. The number of benzene rings is 2. The molecule has 0 fully saturated rings. The van der Waals surface area contributed by atoms with Gasteiger partial charge in [0.05, 0.1) is 5.57 Å². The molecule has 0 atom stereocenters. The number of para-hydroxylation sites is 2. The molecular formula is C24H19N2OS2+. The molecule has 5 rings (SSSR count). The Morgan fingerprint density at radius 3 is 1.66 bits per heavy atom. The van der Waals surface area contributed by atoms with Crippen LogP contribution in [0.15, 0.2) is 107 Å². The first-order valence-electron chi connectivity index (χ1n) is 9.35. The van der Waals surface area contributed by atoms with Crippen molar-refractivity contribution in [1.29, 1.82) is 0 Å². The molecule has 2 aromatic heterocycles. The second kappa shape index (κ2) is 7.21. The Labute approximate surface area is 177 Å². The third-order valence-electron chi connectivity index (χ3n) is 5.35. The molecule has 0 spiro atoms. The van der Waals surface area contributed by atoms with Crippen LogP contribution in [0.2, 0.25) is 0 Å². The molecule has 3 nitrogen and oxygen atoms in total. The number of nitrogens with zero attached hydrogens (tertiary/aromatic N) is 1. The Morgan fingerprint density at radius 1 is 0.724 bits per heavy atom. The van der Waals surface area contributed by atoms with Gasteiger partial charge in [-0.3, -0.25) is 4.79 Å². The lowest BCUT2D eigenvalue weighted by Crippen LogP contribution is -2.56. The van der Waals surface area contributed by atoms with Gasteiger partial charge in [0, 0.05) is 34.0 Å². The number of hydrogen-bond acceptors (Lipinski definition) is 4. The number of hydrogen-bond donors (Lipinski definition) is 1. The lowest BCUT2D eigenvalue weighted by molar-refractivity contribution is -0.105. The van der Waals surface area contributed by atoms with E-state index in [0.717, 1.165) is 33.0 Å². The zero-order chi connectivity index (χ0) is 19.7. The van der Waals surface area contributed by atoms with Crippen molar-refractivity contribution in [2.24, 2.45) is 0 Å². The Kier molecular flexibility index (Phi) is 4.53. The van der Waals surface area contributed by atoms with Crippen molar-refractivity contribution in [2.75, 3.05) is 0 Å². The van der Waals surface area contributed by atoms with Gasteiger partial charge in [0.25, 0.3) is 0 Å². The van der Waals surface area contributed by atoms with Gasteiger partial charge in [-0.05, 0) is 22.9 Å². The van der Waals surface area contributed by atoms with Crippen LogP contribution in [0.4, 0.5) is 11.4 Å². The highest BCUT2D eigenvalue weighted by atomic mass is 32.1. The number of nitrogens with one attached hydrogen (secondary N) is 1. The van der Waals surface area contributed by atoms with Crippen molar-refractivity contribution in [1.82, 2.24) is 10.0 Å². The number of quaternary nitrogens is 1. The molecule has 5 heteroatoms. The van der Waals surface area contributed by atoms with Gasteiger partial charge in [0.15, 0.2) is 23.2 Å². The van der Waals surface area contributed by atoms with E-state index < -0.39 is 5.54 Å². The predicted octanol–water partition coefficient (Wildman–Crippen LogP) is 5.99. The minimum Gasteiger partial charge on any atom is -0.298 e. The molecule has 0 saturated carbocycles. The number of thiophene rings is 2. The minimum atomic E-state index is -0.699. The summed E-state index contributed by atoms with van der Waals surface area (Å²) in [6.45, 7) is 0. The SMILES string of the molecule is O=CC1=C[N+](c2ccccc2)(c2ccccc2)NC1(c1cccs1)c1cccs1. The summed E-state index contributed by atoms with van der Waals surface area (Å²) in [4.78, 5) is 14.7. The van der Waals surface area contributed by atoms with Crippen molar-refractivity contribution in [2.45, 2.75) is 5.54 Å². The number of aldehydes is 1. The highest BCUT2D eigenvalue weighted by Gasteiger charge is 2.55. The lowest BCUT2D eigenvalue weighted by Gasteiger charge is -2.36. The summed E-state index contributed by atoms with van der Waals surface area (Å²) in [7, 11) is 0. The van der Waals surface area contributed by atoms with E-state index in [-0.39, 0.29) is 4.59 Å². The molecule has 2 aromatic carbocycles. The zero-order valence-electron chi connectivity index (χ0n) is 15.6. The van der Waals surface area contributed by atoms with Crippen molar-refractivity contribution in [3.63, 3.8) is 0 Å². The van der Waals surface area contributed by atoms with Crippen LogP contribution in [0.5, 0.6) is 0 Å². The maximum Gasteiger partial charge on any atom is 0.169 e. The average molecular weight is 416 g/mol. The smallest absolute Gasteiger partial charge is 0.169 e. The number of rotatable bonds is 5. The molecule has 1 N–H and O–H groups in total. The number of carbonyl (C=O) groups excluding carboxylic acids is 1. The topological polar surface area (TPSA) is 29.1 Å². The van der Waals surface area contributed by atoms with Crippen molar-refractivity contribution >= 4 is 40.3 Å². The van der Waals surface area contributed by atoms with E-state index in [1.165, 1.54) is 0 Å². The molecule has 1 aliphatic rings. The molecule has 0 bridgehead atoms. The predicted molar refractivity (Wildman–Crippen MR) is 121 cm³/mol. The average Bonchev–Trinajstić information content (AvgIpc) is 3.55. The largest absolute Gasteiger partial charge is 0.298 e. The molecular weight excluding hydrogens is 396 g/mol. The number of carbonyl (C=O) groups is 1. The molecule has 0 unspecified atom stereocenters. The third kappa shape index (κ3) is 2.74. The fourth-order valence-corrected chi connectivity index (χ4v) is 5.93. The maximum absolute atomic E-state index is 12.5. The molecule has 4 aromatic rings. The van der Waals surface area contributed by atoms with E-state index in [0.29, 0.717) is 0 Å². The van der Waals surface area contributed by atoms with E-state index in [4.69, 9.17) is 0 Å². The monoisotopic (exact) mass is 415 g/mol. The molecule has 29 heavy (non-hydrogen) atoms. The van der Waals surface area contributed by atoms with Crippen molar-refractivity contribution in [3.05, 3.63) is 117 Å². The van der Waals surface area contributed by atoms with Crippen LogP contribution < -0.4 is 10.0 Å². The van der Waals surface area contributed by atoms with E-state index in [1.807, 2.05) is 48.5 Å². The highest BCUT2D eigenvalue weighted by Crippen LogP contribution is 2.50. The van der Waals surface area contributed by atoms with E-state index >= 15 is 0 Å². The van der Waals surface area contributed by atoms with Gasteiger partial charge in [0.2, 0.25) is 0 Å². The first kappa shape index (κ1) is 18.2. The summed E-state index contributed by atoms with van der Waals surface area (Å²) in [5.41, 5.74) is 6.01. The summed E-state index contributed by atoms with van der Waals surface area (Å²) >= 11 is 3.32. The van der Waals surface area contributed by atoms with Crippen molar-refractivity contribution < 1.29 is 4.79 Å². The first-order chi connectivity index (χ1) is 14.3. The summed E-state index contributed by atoms with van der Waals surface area (Å²) in [6.07, 6.45) is 3.05. The standard InChI is InChI=1S/C24H19N2OS2/c27-18-19-17-26(20-9-3-1-4-10-20,21-11-5-2-6-12-21)25-24(19,22-13-7-15-28-22)23-14-8-16-29-23/h1-18,25H/q+1. The molecule has 142 valence electrons. The lowest BCUT2D eigenvalue weighted by atomic mass is 9.89. The van der Waals surface area contributed by atoms with E-state index in [1.54, 1.807) is 22.7 Å². The summed E-state index contributed by atoms with van der Waals surface area (Å²) < 4.78 is 0.269. The van der Waals surface area contributed by atoms with Crippen LogP contribution in [-0.4, -0.2) is 6.29 Å². The molecule has 0 amide bonds. The fourth-order valence-electron chi connectivity index (χ4n) is 4.04. The van der Waals surface area contributed by atoms with Crippen LogP contribution in [0.25, 0.3) is 0 Å². The van der Waals surface area contributed by atoms with Crippen LogP contribution in [0.3, 0.4) is 0 Å². The van der Waals surface area contributed by atoms with E-state index in [9.17, 15) is 4.79 Å². The molecule has 0 saturated heterocycles. The quantitative estimate of drug-likeness (QED) is 0.320. The van der Waals surface area contributed by atoms with Crippen molar-refractivity contribution in [3.8, 4) is 0 Å².